The fourth-order valence-corrected chi connectivity index (χ4v) is 1.84. The molecule has 1 aromatic carbocycles. The van der Waals surface area contributed by atoms with Crippen LogP contribution < -0.4 is 11.3 Å². The highest BCUT2D eigenvalue weighted by molar-refractivity contribution is 5.85. The molecule has 6 heteroatoms. The quantitative estimate of drug-likeness (QED) is 0.937. The molecule has 0 aliphatic rings. The molecule has 0 bridgehead atoms. The van der Waals surface area contributed by atoms with E-state index in [0.29, 0.717) is 18.5 Å². The van der Waals surface area contributed by atoms with Gasteiger partial charge < -0.3 is 5.73 Å². The minimum Gasteiger partial charge on any atom is -0.329 e. The van der Waals surface area contributed by atoms with Gasteiger partial charge in [0, 0.05) is 19.5 Å². The van der Waals surface area contributed by atoms with E-state index in [2.05, 4.69) is 4.98 Å². The van der Waals surface area contributed by atoms with Crippen molar-refractivity contribution >= 4 is 35.7 Å². The van der Waals surface area contributed by atoms with Crippen LogP contribution in [0.4, 0.5) is 0 Å². The molecule has 0 saturated carbocycles. The van der Waals surface area contributed by atoms with Crippen LogP contribution in [0.2, 0.25) is 0 Å². The van der Waals surface area contributed by atoms with Gasteiger partial charge in [-0.25, -0.2) is 4.98 Å². The fraction of sp³-hybridized carbons (Fsp3) is 0.333. The molecule has 0 atom stereocenters. The molecule has 0 aliphatic carbocycles. The van der Waals surface area contributed by atoms with E-state index in [4.69, 9.17) is 5.73 Å². The number of nitrogens with two attached hydrogens (primary N) is 1. The van der Waals surface area contributed by atoms with Gasteiger partial charge in [-0.3, -0.25) is 9.36 Å². The highest BCUT2D eigenvalue weighted by Crippen LogP contribution is 2.07. The maximum Gasteiger partial charge on any atom is 0.261 e. The lowest BCUT2D eigenvalue weighted by Gasteiger charge is -2.10. The SMILES string of the molecule is CCc1nc2ccccc2c(=O)n1CCN.Cl.Cl. The second-order valence-corrected chi connectivity index (χ2v) is 3.64. The van der Waals surface area contributed by atoms with Crippen LogP contribution in [0.3, 0.4) is 0 Å². The predicted molar refractivity (Wildman–Crippen MR) is 78.9 cm³/mol. The third-order valence-corrected chi connectivity index (χ3v) is 2.61. The lowest BCUT2D eigenvalue weighted by molar-refractivity contribution is 0.631. The summed E-state index contributed by atoms with van der Waals surface area (Å²) in [6.07, 6.45) is 0.736. The van der Waals surface area contributed by atoms with Crippen molar-refractivity contribution in [2.75, 3.05) is 6.54 Å². The average Bonchev–Trinajstić information content (AvgIpc) is 2.33. The van der Waals surface area contributed by atoms with E-state index >= 15 is 0 Å². The van der Waals surface area contributed by atoms with Crippen LogP contribution in [0.15, 0.2) is 29.1 Å². The Labute approximate surface area is 118 Å². The monoisotopic (exact) mass is 289 g/mol. The van der Waals surface area contributed by atoms with E-state index in [1.54, 1.807) is 10.6 Å². The summed E-state index contributed by atoms with van der Waals surface area (Å²) in [5, 5.41) is 0.660. The van der Waals surface area contributed by atoms with Gasteiger partial charge in [0.25, 0.3) is 5.56 Å². The summed E-state index contributed by atoms with van der Waals surface area (Å²) in [5.74, 6) is 0.800. The second kappa shape index (κ2) is 7.36. The van der Waals surface area contributed by atoms with Crippen LogP contribution >= 0.6 is 24.8 Å². The molecule has 2 aromatic rings. The van der Waals surface area contributed by atoms with Crippen molar-refractivity contribution in [3.8, 4) is 0 Å². The topological polar surface area (TPSA) is 60.9 Å². The highest BCUT2D eigenvalue weighted by atomic mass is 35.5. The number of fused-ring (bicyclic) bond motifs is 1. The third kappa shape index (κ3) is 3.02. The number of hydrogen-bond donors (Lipinski definition) is 1. The van der Waals surface area contributed by atoms with E-state index in [1.807, 2.05) is 25.1 Å². The Morgan fingerprint density at radius 2 is 1.94 bits per heavy atom. The van der Waals surface area contributed by atoms with Gasteiger partial charge >= 0.3 is 0 Å². The van der Waals surface area contributed by atoms with Crippen molar-refractivity contribution in [1.82, 2.24) is 9.55 Å². The number of nitrogens with zero attached hydrogens (tertiary/aromatic N) is 2. The number of hydrogen-bond acceptors (Lipinski definition) is 3. The molecule has 2 N–H and O–H groups in total. The zero-order valence-corrected chi connectivity index (χ0v) is 11.8. The van der Waals surface area contributed by atoms with Crippen LogP contribution in [0.25, 0.3) is 10.9 Å². The molecule has 2 rings (SSSR count). The molecule has 0 spiro atoms. The van der Waals surface area contributed by atoms with Crippen molar-refractivity contribution in [3.05, 3.63) is 40.4 Å². The van der Waals surface area contributed by atoms with Gasteiger partial charge in [0.2, 0.25) is 0 Å². The molecule has 1 aromatic heterocycles. The van der Waals surface area contributed by atoms with Crippen molar-refractivity contribution in [3.63, 3.8) is 0 Å². The Kier molecular flexibility index (Phi) is 6.91. The molecular formula is C12H17Cl2N3O. The Morgan fingerprint density at radius 1 is 1.28 bits per heavy atom. The van der Waals surface area contributed by atoms with Gasteiger partial charge in [-0.15, -0.1) is 24.8 Å². The first-order valence-electron chi connectivity index (χ1n) is 5.46. The standard InChI is InChI=1S/C12H15N3O.2ClH/c1-2-11-14-10-6-4-3-5-9(10)12(16)15(11)8-7-13;;/h3-6H,2,7-8,13H2,1H3;2*1H. The lowest BCUT2D eigenvalue weighted by atomic mass is 10.2. The number of aromatic nitrogens is 2. The third-order valence-electron chi connectivity index (χ3n) is 2.61. The van der Waals surface area contributed by atoms with Crippen molar-refractivity contribution < 1.29 is 0 Å². The first kappa shape index (κ1) is 16.9. The molecule has 0 fully saturated rings. The molecule has 0 amide bonds. The van der Waals surface area contributed by atoms with E-state index < -0.39 is 0 Å². The minimum absolute atomic E-state index is 0. The lowest BCUT2D eigenvalue weighted by Crippen LogP contribution is -2.28. The maximum atomic E-state index is 12.2. The number of aryl methyl sites for hydroxylation is 1. The largest absolute Gasteiger partial charge is 0.329 e. The molecule has 18 heavy (non-hydrogen) atoms. The van der Waals surface area contributed by atoms with E-state index in [1.165, 1.54) is 0 Å². The first-order chi connectivity index (χ1) is 7.77. The number of rotatable bonds is 3. The summed E-state index contributed by atoms with van der Waals surface area (Å²) in [6.45, 7) is 2.97. The van der Waals surface area contributed by atoms with E-state index in [9.17, 15) is 4.79 Å². The van der Waals surface area contributed by atoms with Crippen LogP contribution in [-0.2, 0) is 13.0 Å². The second-order valence-electron chi connectivity index (χ2n) is 3.64. The summed E-state index contributed by atoms with van der Waals surface area (Å²) in [6, 6.07) is 7.41. The van der Waals surface area contributed by atoms with Gasteiger partial charge in [0.1, 0.15) is 5.82 Å². The maximum absolute atomic E-state index is 12.2. The van der Waals surface area contributed by atoms with Crippen LogP contribution in [0.1, 0.15) is 12.7 Å². The smallest absolute Gasteiger partial charge is 0.261 e. The van der Waals surface area contributed by atoms with Gasteiger partial charge in [-0.05, 0) is 12.1 Å². The summed E-state index contributed by atoms with van der Waals surface area (Å²) in [4.78, 5) is 16.6. The van der Waals surface area contributed by atoms with Gasteiger partial charge in [-0.2, -0.15) is 0 Å². The van der Waals surface area contributed by atoms with Crippen LogP contribution in [0, 0.1) is 0 Å². The van der Waals surface area contributed by atoms with Crippen LogP contribution in [0.5, 0.6) is 0 Å². The summed E-state index contributed by atoms with van der Waals surface area (Å²) >= 11 is 0. The first-order valence-corrected chi connectivity index (χ1v) is 5.46. The van der Waals surface area contributed by atoms with Gasteiger partial charge in [-0.1, -0.05) is 19.1 Å². The Bertz CT molecular complexity index is 569. The number of benzene rings is 1. The zero-order valence-electron chi connectivity index (χ0n) is 10.1. The zero-order chi connectivity index (χ0) is 11.5. The normalized spacial score (nSPS) is 9.67. The van der Waals surface area contributed by atoms with Gasteiger partial charge in [0.05, 0.1) is 10.9 Å². The average molecular weight is 290 g/mol. The summed E-state index contributed by atoms with van der Waals surface area (Å²) in [7, 11) is 0. The molecule has 0 aliphatic heterocycles. The van der Waals surface area contributed by atoms with Crippen LogP contribution in [-0.4, -0.2) is 16.1 Å². The Hall–Kier alpha value is -1.10. The fourth-order valence-electron chi connectivity index (χ4n) is 1.84. The predicted octanol–water partition coefficient (Wildman–Crippen LogP) is 1.76. The molecular weight excluding hydrogens is 273 g/mol. The highest BCUT2D eigenvalue weighted by Gasteiger charge is 2.07. The van der Waals surface area contributed by atoms with Crippen molar-refractivity contribution in [1.29, 1.82) is 0 Å². The number of para-hydroxylation sites is 1. The number of halogens is 2. The van der Waals surface area contributed by atoms with Crippen molar-refractivity contribution in [2.45, 2.75) is 19.9 Å². The molecule has 4 nitrogen and oxygen atoms in total. The molecule has 100 valence electrons. The van der Waals surface area contributed by atoms with E-state index in [0.717, 1.165) is 17.8 Å². The van der Waals surface area contributed by atoms with Crippen molar-refractivity contribution in [2.24, 2.45) is 5.73 Å². The minimum atomic E-state index is 0. The summed E-state index contributed by atoms with van der Waals surface area (Å²) in [5.41, 5.74) is 6.28. The van der Waals surface area contributed by atoms with Gasteiger partial charge in [0.15, 0.2) is 0 Å². The van der Waals surface area contributed by atoms with E-state index in [-0.39, 0.29) is 30.4 Å². The molecule has 0 unspecified atom stereocenters. The molecule has 1 heterocycles. The Morgan fingerprint density at radius 3 is 2.56 bits per heavy atom. The molecule has 0 saturated heterocycles. The molecule has 0 radical (unpaired) electrons. The summed E-state index contributed by atoms with van der Waals surface area (Å²) < 4.78 is 1.67. The Balaban J connectivity index is 0.00000144.